The molecule has 1 aromatic rings. The molecule has 0 aliphatic heterocycles. The Morgan fingerprint density at radius 2 is 2.00 bits per heavy atom. The Hall–Kier alpha value is -1.36. The summed E-state index contributed by atoms with van der Waals surface area (Å²) in [5.74, 6) is -0.790. The van der Waals surface area contributed by atoms with E-state index in [0.717, 1.165) is 24.7 Å². The summed E-state index contributed by atoms with van der Waals surface area (Å²) >= 11 is 0. The van der Waals surface area contributed by atoms with Crippen molar-refractivity contribution in [3.8, 4) is 0 Å². The first-order chi connectivity index (χ1) is 8.36. The van der Waals surface area contributed by atoms with E-state index in [1.165, 1.54) is 6.07 Å². The molecule has 0 amide bonds. The SMILES string of the molecule is CCc1c(C(=O)O)ccc(C2CC2)c1S(C)(=O)=O. The topological polar surface area (TPSA) is 71.4 Å². The summed E-state index contributed by atoms with van der Waals surface area (Å²) in [6.45, 7) is 1.78. The van der Waals surface area contributed by atoms with E-state index in [9.17, 15) is 13.2 Å². The Labute approximate surface area is 107 Å². The Morgan fingerprint density at radius 3 is 2.39 bits per heavy atom. The molecular weight excluding hydrogens is 252 g/mol. The maximum Gasteiger partial charge on any atom is 0.336 e. The normalized spacial score (nSPS) is 15.7. The second kappa shape index (κ2) is 4.39. The first-order valence-electron chi connectivity index (χ1n) is 5.95. The number of rotatable bonds is 4. The number of hydrogen-bond acceptors (Lipinski definition) is 3. The van der Waals surface area contributed by atoms with Crippen molar-refractivity contribution in [3.63, 3.8) is 0 Å². The van der Waals surface area contributed by atoms with Gasteiger partial charge >= 0.3 is 5.97 Å². The highest BCUT2D eigenvalue weighted by atomic mass is 32.2. The molecule has 1 aliphatic carbocycles. The molecule has 0 unspecified atom stereocenters. The molecular formula is C13H16O4S. The van der Waals surface area contributed by atoms with Crippen molar-refractivity contribution in [3.05, 3.63) is 28.8 Å². The van der Waals surface area contributed by atoms with Gasteiger partial charge < -0.3 is 5.11 Å². The van der Waals surface area contributed by atoms with Gasteiger partial charge in [0.15, 0.2) is 9.84 Å². The fourth-order valence-corrected chi connectivity index (χ4v) is 3.72. The molecule has 1 saturated carbocycles. The Balaban J connectivity index is 2.77. The molecule has 0 bridgehead atoms. The number of carbonyl (C=O) groups is 1. The third-order valence-corrected chi connectivity index (χ3v) is 4.49. The standard InChI is InChI=1S/C13H16O4S/c1-3-9-11(13(14)15)7-6-10(8-4-5-8)12(9)18(2,16)17/h6-8H,3-5H2,1-2H3,(H,14,15). The van der Waals surface area contributed by atoms with Crippen LogP contribution in [0.1, 0.15) is 47.2 Å². The number of hydrogen-bond donors (Lipinski definition) is 1. The lowest BCUT2D eigenvalue weighted by molar-refractivity contribution is 0.0695. The lowest BCUT2D eigenvalue weighted by atomic mass is 9.99. The molecule has 2 rings (SSSR count). The van der Waals surface area contributed by atoms with E-state index in [0.29, 0.717) is 12.0 Å². The van der Waals surface area contributed by atoms with Crippen LogP contribution < -0.4 is 0 Å². The van der Waals surface area contributed by atoms with E-state index in [1.54, 1.807) is 13.0 Å². The third kappa shape index (κ3) is 2.27. The van der Waals surface area contributed by atoms with E-state index in [1.807, 2.05) is 0 Å². The molecule has 1 aliphatic rings. The van der Waals surface area contributed by atoms with E-state index in [4.69, 9.17) is 5.11 Å². The van der Waals surface area contributed by atoms with Gasteiger partial charge in [-0.25, -0.2) is 13.2 Å². The summed E-state index contributed by atoms with van der Waals surface area (Å²) in [7, 11) is -3.40. The van der Waals surface area contributed by atoms with Gasteiger partial charge in [-0.2, -0.15) is 0 Å². The van der Waals surface area contributed by atoms with Crippen LogP contribution in [0.4, 0.5) is 0 Å². The van der Waals surface area contributed by atoms with Crippen molar-refractivity contribution in [2.45, 2.75) is 37.0 Å². The minimum atomic E-state index is -3.40. The van der Waals surface area contributed by atoms with Gasteiger partial charge in [-0.15, -0.1) is 0 Å². The maximum absolute atomic E-state index is 11.9. The van der Waals surface area contributed by atoms with Crippen molar-refractivity contribution in [2.75, 3.05) is 6.26 Å². The highest BCUT2D eigenvalue weighted by Gasteiger charge is 2.32. The molecule has 5 heteroatoms. The van der Waals surface area contributed by atoms with Crippen LogP contribution in [0.3, 0.4) is 0 Å². The minimum absolute atomic E-state index is 0.0994. The summed E-state index contributed by atoms with van der Waals surface area (Å²) in [5, 5.41) is 9.14. The summed E-state index contributed by atoms with van der Waals surface area (Å²) in [6, 6.07) is 3.19. The second-order valence-corrected chi connectivity index (χ2v) is 6.67. The van der Waals surface area contributed by atoms with Crippen LogP contribution in [0.5, 0.6) is 0 Å². The summed E-state index contributed by atoms with van der Waals surface area (Å²) in [5.41, 5.74) is 1.33. The van der Waals surface area contributed by atoms with E-state index in [-0.39, 0.29) is 16.4 Å². The lowest BCUT2D eigenvalue weighted by Gasteiger charge is -2.14. The highest BCUT2D eigenvalue weighted by Crippen LogP contribution is 2.44. The number of carboxylic acid groups (broad SMARTS) is 1. The predicted molar refractivity (Wildman–Crippen MR) is 67.9 cm³/mol. The zero-order valence-corrected chi connectivity index (χ0v) is 11.3. The van der Waals surface area contributed by atoms with Gasteiger partial charge in [0.2, 0.25) is 0 Å². The molecule has 0 radical (unpaired) electrons. The van der Waals surface area contributed by atoms with E-state index in [2.05, 4.69) is 0 Å². The molecule has 0 heterocycles. The Bertz CT molecular complexity index is 598. The highest BCUT2D eigenvalue weighted by molar-refractivity contribution is 7.90. The molecule has 1 N–H and O–H groups in total. The van der Waals surface area contributed by atoms with Crippen LogP contribution >= 0.6 is 0 Å². The monoisotopic (exact) mass is 268 g/mol. The lowest BCUT2D eigenvalue weighted by Crippen LogP contribution is -2.12. The van der Waals surface area contributed by atoms with Gasteiger partial charge in [-0.1, -0.05) is 13.0 Å². The number of aromatic carboxylic acids is 1. The number of benzene rings is 1. The largest absolute Gasteiger partial charge is 0.478 e. The average Bonchev–Trinajstić information content (AvgIpc) is 3.09. The molecule has 4 nitrogen and oxygen atoms in total. The van der Waals surface area contributed by atoms with E-state index >= 15 is 0 Å². The van der Waals surface area contributed by atoms with Crippen LogP contribution in [0.2, 0.25) is 0 Å². The second-order valence-electron chi connectivity index (χ2n) is 4.72. The molecule has 0 atom stereocenters. The molecule has 0 saturated heterocycles. The van der Waals surface area contributed by atoms with Crippen molar-refractivity contribution in [1.29, 1.82) is 0 Å². The fourth-order valence-electron chi connectivity index (χ4n) is 2.35. The zero-order valence-electron chi connectivity index (χ0n) is 10.4. The molecule has 1 aromatic carbocycles. The van der Waals surface area contributed by atoms with Crippen LogP contribution in [0.15, 0.2) is 17.0 Å². The van der Waals surface area contributed by atoms with Crippen molar-refractivity contribution < 1.29 is 18.3 Å². The molecule has 0 spiro atoms. The van der Waals surface area contributed by atoms with Crippen molar-refractivity contribution in [1.82, 2.24) is 0 Å². The summed E-state index contributed by atoms with van der Waals surface area (Å²) in [6.07, 6.45) is 3.53. The number of carboxylic acids is 1. The van der Waals surface area contributed by atoms with Crippen LogP contribution in [-0.2, 0) is 16.3 Å². The van der Waals surface area contributed by atoms with Gasteiger partial charge in [0.1, 0.15) is 0 Å². The van der Waals surface area contributed by atoms with Crippen LogP contribution in [-0.4, -0.2) is 25.7 Å². The van der Waals surface area contributed by atoms with Gasteiger partial charge in [-0.05, 0) is 42.4 Å². The molecule has 1 fully saturated rings. The van der Waals surface area contributed by atoms with Gasteiger partial charge in [0.25, 0.3) is 0 Å². The first kappa shape index (κ1) is 13.1. The summed E-state index contributed by atoms with van der Waals surface area (Å²) in [4.78, 5) is 11.4. The van der Waals surface area contributed by atoms with Crippen LogP contribution in [0.25, 0.3) is 0 Å². The van der Waals surface area contributed by atoms with Gasteiger partial charge in [-0.3, -0.25) is 0 Å². The Kier molecular flexibility index (Phi) is 3.19. The average molecular weight is 268 g/mol. The first-order valence-corrected chi connectivity index (χ1v) is 7.84. The molecule has 0 aromatic heterocycles. The predicted octanol–water partition coefficient (Wildman–Crippen LogP) is 2.23. The third-order valence-electron chi connectivity index (χ3n) is 3.26. The summed E-state index contributed by atoms with van der Waals surface area (Å²) < 4.78 is 23.9. The fraction of sp³-hybridized carbons (Fsp3) is 0.462. The smallest absolute Gasteiger partial charge is 0.336 e. The quantitative estimate of drug-likeness (QED) is 0.909. The van der Waals surface area contributed by atoms with Crippen molar-refractivity contribution >= 4 is 15.8 Å². The number of sulfone groups is 1. The zero-order chi connectivity index (χ0) is 13.5. The molecule has 18 heavy (non-hydrogen) atoms. The Morgan fingerprint density at radius 1 is 1.39 bits per heavy atom. The van der Waals surface area contributed by atoms with Gasteiger partial charge in [0.05, 0.1) is 10.5 Å². The molecule has 98 valence electrons. The maximum atomic E-state index is 11.9. The van der Waals surface area contributed by atoms with Gasteiger partial charge in [0, 0.05) is 6.26 Å². The van der Waals surface area contributed by atoms with E-state index < -0.39 is 15.8 Å². The van der Waals surface area contributed by atoms with Crippen LogP contribution in [0, 0.1) is 0 Å². The van der Waals surface area contributed by atoms with Crippen molar-refractivity contribution in [2.24, 2.45) is 0 Å². The minimum Gasteiger partial charge on any atom is -0.478 e.